The number of sulfonamides is 1. The molecule has 0 atom stereocenters. The van der Waals surface area contributed by atoms with Gasteiger partial charge < -0.3 is 9.15 Å². The van der Waals surface area contributed by atoms with Crippen LogP contribution in [-0.4, -0.2) is 26.8 Å². The third-order valence-corrected chi connectivity index (χ3v) is 5.54. The number of furan rings is 1. The Morgan fingerprint density at radius 1 is 0.935 bits per heavy atom. The summed E-state index contributed by atoms with van der Waals surface area (Å²) in [7, 11) is -3.86. The van der Waals surface area contributed by atoms with E-state index in [1.165, 1.54) is 30.5 Å². The Balaban J connectivity index is 1.61. The molecule has 0 radical (unpaired) electrons. The van der Waals surface area contributed by atoms with E-state index in [-0.39, 0.29) is 17.0 Å². The number of rotatable bonds is 8. The van der Waals surface area contributed by atoms with Crippen molar-refractivity contribution in [3.05, 3.63) is 83.8 Å². The summed E-state index contributed by atoms with van der Waals surface area (Å²) in [6.45, 7) is 2.34. The Morgan fingerprint density at radius 2 is 1.65 bits per heavy atom. The zero-order chi connectivity index (χ0) is 22.3. The monoisotopic (exact) mass is 443 g/mol. The van der Waals surface area contributed by atoms with Gasteiger partial charge in [0.1, 0.15) is 11.5 Å². The molecule has 10 heteroatoms. The minimum absolute atomic E-state index is 0.0239. The van der Waals surface area contributed by atoms with Gasteiger partial charge in [0, 0.05) is 11.1 Å². The average molecular weight is 443 g/mol. The van der Waals surface area contributed by atoms with Crippen LogP contribution in [0.4, 0.5) is 0 Å². The van der Waals surface area contributed by atoms with E-state index >= 15 is 0 Å². The fourth-order valence-electron chi connectivity index (χ4n) is 2.59. The molecule has 3 aromatic rings. The van der Waals surface area contributed by atoms with Crippen LogP contribution in [-0.2, 0) is 16.6 Å². The Kier molecular flexibility index (Phi) is 7.06. The van der Waals surface area contributed by atoms with E-state index in [1.807, 2.05) is 6.92 Å². The Labute approximate surface area is 179 Å². The summed E-state index contributed by atoms with van der Waals surface area (Å²) < 4.78 is 37.7. The number of carbonyl (C=O) groups is 2. The molecule has 162 valence electrons. The van der Waals surface area contributed by atoms with Gasteiger partial charge in [0.05, 0.1) is 24.3 Å². The molecule has 2 aromatic carbocycles. The molecule has 0 aliphatic carbocycles. The molecule has 0 saturated heterocycles. The first kappa shape index (κ1) is 22.1. The van der Waals surface area contributed by atoms with Crippen molar-refractivity contribution in [1.82, 2.24) is 15.6 Å². The third-order valence-electron chi connectivity index (χ3n) is 4.14. The lowest BCUT2D eigenvalue weighted by molar-refractivity contribution is 0.0846. The predicted molar refractivity (Wildman–Crippen MR) is 112 cm³/mol. The van der Waals surface area contributed by atoms with E-state index in [2.05, 4.69) is 15.6 Å². The maximum atomic E-state index is 12.5. The highest BCUT2D eigenvalue weighted by atomic mass is 32.2. The maximum absolute atomic E-state index is 12.5. The summed E-state index contributed by atoms with van der Waals surface area (Å²) in [6, 6.07) is 15.1. The fraction of sp³-hybridized carbons (Fsp3) is 0.143. The number of ether oxygens (including phenoxy) is 1. The van der Waals surface area contributed by atoms with Crippen molar-refractivity contribution >= 4 is 21.8 Å². The van der Waals surface area contributed by atoms with Crippen molar-refractivity contribution in [1.29, 1.82) is 0 Å². The van der Waals surface area contributed by atoms with Crippen LogP contribution >= 0.6 is 0 Å². The van der Waals surface area contributed by atoms with Crippen molar-refractivity contribution in [2.24, 2.45) is 0 Å². The van der Waals surface area contributed by atoms with E-state index in [4.69, 9.17) is 9.15 Å². The number of amides is 2. The fourth-order valence-corrected chi connectivity index (χ4v) is 3.63. The van der Waals surface area contributed by atoms with Gasteiger partial charge in [-0.2, -0.15) is 0 Å². The number of hydrogen-bond acceptors (Lipinski definition) is 6. The van der Waals surface area contributed by atoms with Crippen molar-refractivity contribution in [3.8, 4) is 5.75 Å². The molecule has 2 amide bonds. The van der Waals surface area contributed by atoms with Gasteiger partial charge in [-0.25, -0.2) is 13.1 Å². The number of hydrogen-bond donors (Lipinski definition) is 3. The molecule has 0 fully saturated rings. The molecular formula is C21H21N3O6S. The van der Waals surface area contributed by atoms with Crippen LogP contribution in [0.5, 0.6) is 5.75 Å². The average Bonchev–Trinajstić information content (AvgIpc) is 3.30. The van der Waals surface area contributed by atoms with Gasteiger partial charge in [-0.3, -0.25) is 20.4 Å². The summed E-state index contributed by atoms with van der Waals surface area (Å²) in [6.07, 6.45) is 1.44. The van der Waals surface area contributed by atoms with Gasteiger partial charge in [0.25, 0.3) is 11.8 Å². The van der Waals surface area contributed by atoms with Crippen LogP contribution in [0.3, 0.4) is 0 Å². The van der Waals surface area contributed by atoms with Crippen LogP contribution in [0.15, 0.2) is 76.2 Å². The molecule has 1 heterocycles. The third kappa shape index (κ3) is 5.93. The SMILES string of the molecule is CCOc1ccc(C(=O)NNC(=O)c2cccc(S(=O)(=O)NCc3ccco3)c2)cc1. The van der Waals surface area contributed by atoms with Gasteiger partial charge >= 0.3 is 0 Å². The lowest BCUT2D eigenvalue weighted by atomic mass is 10.2. The number of hydrazine groups is 1. The summed E-state index contributed by atoms with van der Waals surface area (Å²) in [5.41, 5.74) is 4.95. The molecule has 0 aliphatic rings. The zero-order valence-corrected chi connectivity index (χ0v) is 17.4. The number of nitrogens with one attached hydrogen (secondary N) is 3. The first-order chi connectivity index (χ1) is 14.9. The molecule has 3 N–H and O–H groups in total. The lowest BCUT2D eigenvalue weighted by Gasteiger charge is -2.10. The van der Waals surface area contributed by atoms with E-state index in [0.29, 0.717) is 23.7 Å². The topological polar surface area (TPSA) is 127 Å². The van der Waals surface area contributed by atoms with Crippen LogP contribution in [0.2, 0.25) is 0 Å². The highest BCUT2D eigenvalue weighted by molar-refractivity contribution is 7.89. The quantitative estimate of drug-likeness (QED) is 0.458. The molecule has 0 saturated carbocycles. The van der Waals surface area contributed by atoms with Gasteiger partial charge in [-0.1, -0.05) is 6.07 Å². The molecule has 3 rings (SSSR count). The van der Waals surface area contributed by atoms with Crippen molar-refractivity contribution in [2.45, 2.75) is 18.4 Å². The largest absolute Gasteiger partial charge is 0.494 e. The molecular weight excluding hydrogens is 422 g/mol. The normalized spacial score (nSPS) is 11.0. The maximum Gasteiger partial charge on any atom is 0.269 e. The van der Waals surface area contributed by atoms with E-state index < -0.39 is 21.8 Å². The van der Waals surface area contributed by atoms with Gasteiger partial charge in [0.15, 0.2) is 0 Å². The Bertz CT molecular complexity index is 1140. The van der Waals surface area contributed by atoms with Crippen molar-refractivity contribution < 1.29 is 27.2 Å². The van der Waals surface area contributed by atoms with Crippen LogP contribution < -0.4 is 20.3 Å². The molecule has 0 spiro atoms. The highest BCUT2D eigenvalue weighted by Crippen LogP contribution is 2.13. The second-order valence-corrected chi connectivity index (χ2v) is 8.06. The second-order valence-electron chi connectivity index (χ2n) is 6.30. The number of benzene rings is 2. The summed E-state index contributed by atoms with van der Waals surface area (Å²) >= 11 is 0. The molecule has 9 nitrogen and oxygen atoms in total. The summed E-state index contributed by atoms with van der Waals surface area (Å²) in [5.74, 6) is -0.112. The molecule has 1 aromatic heterocycles. The van der Waals surface area contributed by atoms with Crippen LogP contribution in [0.1, 0.15) is 33.4 Å². The smallest absolute Gasteiger partial charge is 0.269 e. The van der Waals surface area contributed by atoms with Gasteiger partial charge in [0.2, 0.25) is 10.0 Å². The van der Waals surface area contributed by atoms with E-state index in [9.17, 15) is 18.0 Å². The summed E-state index contributed by atoms with van der Waals surface area (Å²) in [4.78, 5) is 24.5. The minimum atomic E-state index is -3.86. The first-order valence-electron chi connectivity index (χ1n) is 9.34. The Hall–Kier alpha value is -3.63. The van der Waals surface area contributed by atoms with Crippen molar-refractivity contribution in [3.63, 3.8) is 0 Å². The van der Waals surface area contributed by atoms with Crippen molar-refractivity contribution in [2.75, 3.05) is 6.61 Å². The molecule has 0 bridgehead atoms. The van der Waals surface area contributed by atoms with E-state index in [1.54, 1.807) is 36.4 Å². The molecule has 0 aliphatic heterocycles. The van der Waals surface area contributed by atoms with Gasteiger partial charge in [-0.15, -0.1) is 0 Å². The Morgan fingerprint density at radius 3 is 2.29 bits per heavy atom. The second kappa shape index (κ2) is 9.92. The van der Waals surface area contributed by atoms with E-state index in [0.717, 1.165) is 0 Å². The summed E-state index contributed by atoms with van der Waals surface area (Å²) in [5, 5.41) is 0. The minimum Gasteiger partial charge on any atom is -0.494 e. The highest BCUT2D eigenvalue weighted by Gasteiger charge is 2.17. The lowest BCUT2D eigenvalue weighted by Crippen LogP contribution is -2.41. The first-order valence-corrected chi connectivity index (χ1v) is 10.8. The standard InChI is InChI=1S/C21H21N3O6S/c1-2-29-17-10-8-15(9-11-17)20(25)23-24-21(26)16-5-3-7-19(13-16)31(27,28)22-14-18-6-4-12-30-18/h3-13,22H,2,14H2,1H3,(H,23,25)(H,24,26). The number of carbonyl (C=O) groups excluding carboxylic acids is 2. The van der Waals surface area contributed by atoms with Crippen LogP contribution in [0, 0.1) is 0 Å². The van der Waals surface area contributed by atoms with Gasteiger partial charge in [-0.05, 0) is 61.5 Å². The predicted octanol–water partition coefficient (Wildman–Crippen LogP) is 2.23. The van der Waals surface area contributed by atoms with Crippen LogP contribution in [0.25, 0.3) is 0 Å². The zero-order valence-electron chi connectivity index (χ0n) is 16.6. The molecule has 0 unspecified atom stereocenters. The molecule has 31 heavy (non-hydrogen) atoms.